The standard InChI is InChI=1S/C39H69N3O6/c1-25(2)37(13)22-29(19-34(7,8)40(37)43)46-28-16-17-32(47-30-20-35(9,10)41(44)38(14,23-30)26(3)4)33(18-28)48-31-21-36(11,12)42(45)39(15,24-31)27(5)6/h16-18,25-27,29-31,43-45H,19-24H2,1-15H3/p+3. The zero-order chi connectivity index (χ0) is 36.4. The van der Waals surface area contributed by atoms with Crippen LogP contribution in [0.4, 0.5) is 0 Å². The Hall–Kier alpha value is -1.62. The van der Waals surface area contributed by atoms with Crippen LogP contribution >= 0.6 is 0 Å². The molecule has 48 heavy (non-hydrogen) atoms. The third-order valence-electron chi connectivity index (χ3n) is 13.0. The number of hydrogen-bond donors (Lipinski definition) is 0. The molecule has 0 radical (unpaired) electrons. The lowest BCUT2D eigenvalue weighted by Crippen LogP contribution is -2.64. The van der Waals surface area contributed by atoms with E-state index in [1.54, 1.807) is 15.2 Å². The predicted octanol–water partition coefficient (Wildman–Crippen LogP) is 6.71. The second-order valence-corrected chi connectivity index (χ2v) is 19.0. The molecule has 0 spiro atoms. The molecule has 3 aliphatic rings. The number of piperidine rings is 3. The molecule has 3 saturated heterocycles. The van der Waals surface area contributed by atoms with Gasteiger partial charge in [0.05, 0.1) is 33.2 Å². The maximum absolute atomic E-state index is 9.05. The summed E-state index contributed by atoms with van der Waals surface area (Å²) >= 11 is 0. The normalized spacial score (nSPS) is 36.1. The van der Waals surface area contributed by atoms with Crippen LogP contribution in [0.25, 0.3) is 0 Å². The number of hydrogen-bond acceptors (Lipinski definition) is 6. The van der Waals surface area contributed by atoms with E-state index in [2.05, 4.69) is 104 Å². The molecule has 3 heterocycles. The van der Waals surface area contributed by atoms with Crippen LogP contribution in [0.5, 0.6) is 17.2 Å². The van der Waals surface area contributed by atoms with Gasteiger partial charge in [-0.2, -0.15) is 0 Å². The van der Waals surface area contributed by atoms with E-state index in [9.17, 15) is 0 Å². The molecule has 1 aromatic rings. The summed E-state index contributed by atoms with van der Waals surface area (Å²) in [5.41, 5.74) is -2.03. The summed E-state index contributed by atoms with van der Waals surface area (Å²) in [5, 5.41) is 32.4. The molecule has 3 aliphatic heterocycles. The quantitative estimate of drug-likeness (QED) is 0.269. The van der Waals surface area contributed by atoms with Crippen LogP contribution in [0, 0.1) is 17.8 Å². The number of ether oxygens (including phenoxy) is 3. The van der Waals surface area contributed by atoms with Crippen LogP contribution in [0.15, 0.2) is 18.2 Å². The van der Waals surface area contributed by atoms with Gasteiger partial charge in [-0.05, 0) is 92.2 Å². The fourth-order valence-electron chi connectivity index (χ4n) is 8.93. The van der Waals surface area contributed by atoms with Gasteiger partial charge in [-0.25, -0.2) is 0 Å². The summed E-state index contributed by atoms with van der Waals surface area (Å²) < 4.78 is 20.7. The van der Waals surface area contributed by atoms with Crippen LogP contribution in [-0.2, 0) is 0 Å². The van der Waals surface area contributed by atoms with Crippen molar-refractivity contribution in [3.05, 3.63) is 18.2 Å². The van der Waals surface area contributed by atoms with Crippen LogP contribution < -0.4 is 14.2 Å². The van der Waals surface area contributed by atoms with Gasteiger partial charge in [0, 0.05) is 44.6 Å². The molecular formula is C39H72N3O6+3. The van der Waals surface area contributed by atoms with E-state index in [1.807, 2.05) is 18.2 Å². The summed E-state index contributed by atoms with van der Waals surface area (Å²) in [6, 6.07) is 6.04. The summed E-state index contributed by atoms with van der Waals surface area (Å²) in [6.45, 7) is 32.6. The fourth-order valence-corrected chi connectivity index (χ4v) is 8.93. The van der Waals surface area contributed by atoms with Gasteiger partial charge in [-0.15, -0.1) is 0 Å². The molecule has 0 aliphatic carbocycles. The Morgan fingerprint density at radius 2 is 0.812 bits per heavy atom. The van der Waals surface area contributed by atoms with E-state index in [0.717, 1.165) is 44.3 Å². The molecule has 9 nitrogen and oxygen atoms in total. The van der Waals surface area contributed by atoms with Crippen molar-refractivity contribution < 1.29 is 29.8 Å². The molecule has 6 atom stereocenters. The first-order valence-corrected chi connectivity index (χ1v) is 18.5. The van der Waals surface area contributed by atoms with Crippen molar-refractivity contribution in [2.24, 2.45) is 17.8 Å². The van der Waals surface area contributed by atoms with E-state index in [1.165, 1.54) is 0 Å². The highest BCUT2D eigenvalue weighted by atomic mass is 16.5. The molecule has 6 unspecified atom stereocenters. The van der Waals surface area contributed by atoms with Gasteiger partial charge in [0.25, 0.3) is 0 Å². The highest BCUT2D eigenvalue weighted by molar-refractivity contribution is 5.46. The summed E-state index contributed by atoms with van der Waals surface area (Å²) in [5.74, 6) is 3.00. The summed E-state index contributed by atoms with van der Waals surface area (Å²) in [7, 11) is 0. The maximum Gasteiger partial charge on any atom is 0.165 e. The number of benzene rings is 1. The molecular weight excluding hydrogens is 606 g/mol. The van der Waals surface area contributed by atoms with Crippen molar-refractivity contribution in [3.63, 3.8) is 0 Å². The average Bonchev–Trinajstić information content (AvgIpc) is 2.94. The Morgan fingerprint density at radius 3 is 1.15 bits per heavy atom. The van der Waals surface area contributed by atoms with Crippen molar-refractivity contribution >= 4 is 0 Å². The average molecular weight is 679 g/mol. The molecule has 3 fully saturated rings. The van der Waals surface area contributed by atoms with Crippen LogP contribution in [0.3, 0.4) is 0 Å². The zero-order valence-corrected chi connectivity index (χ0v) is 33.0. The predicted molar refractivity (Wildman–Crippen MR) is 196 cm³/mol. The molecule has 9 heteroatoms. The lowest BCUT2D eigenvalue weighted by atomic mass is 9.73. The zero-order valence-electron chi connectivity index (χ0n) is 33.0. The van der Waals surface area contributed by atoms with Crippen LogP contribution in [-0.4, -0.2) is 82.4 Å². The second-order valence-electron chi connectivity index (χ2n) is 19.0. The van der Waals surface area contributed by atoms with Gasteiger partial charge < -0.3 is 29.8 Å². The Kier molecular flexibility index (Phi) is 10.7. The minimum atomic E-state index is -0.363. The van der Waals surface area contributed by atoms with Crippen LogP contribution in [0.2, 0.25) is 0 Å². The molecule has 0 amide bonds. The van der Waals surface area contributed by atoms with Gasteiger partial charge in [-0.1, -0.05) is 56.7 Å². The first kappa shape index (κ1) is 39.2. The first-order chi connectivity index (χ1) is 21.8. The summed E-state index contributed by atoms with van der Waals surface area (Å²) in [4.78, 5) is 0. The van der Waals surface area contributed by atoms with Crippen molar-refractivity contribution in [2.75, 3.05) is 0 Å². The Balaban J connectivity index is 1.70. The van der Waals surface area contributed by atoms with E-state index in [-0.39, 0.29) is 63.4 Å². The third-order valence-corrected chi connectivity index (χ3v) is 13.0. The van der Waals surface area contributed by atoms with Crippen LogP contribution in [0.1, 0.15) is 142 Å². The molecule has 4 rings (SSSR count). The minimum absolute atomic E-state index is 0.0442. The summed E-state index contributed by atoms with van der Waals surface area (Å²) in [6.07, 6.45) is 4.24. The van der Waals surface area contributed by atoms with Crippen molar-refractivity contribution in [1.82, 2.24) is 15.2 Å². The highest BCUT2D eigenvalue weighted by Crippen LogP contribution is 2.47. The van der Waals surface area contributed by atoms with Gasteiger partial charge in [0.1, 0.15) is 24.1 Å². The SMILES string of the molecule is CC(C)C1(C)CC(Oc2ccc(OC3CC(C)(C)N([OH2+])C(C)(C(C)C)C3)c(OC3CC(C)(C)N([OH2+])C(C)(C(C)C)C3)c2)CC(C)(C)N1[OH2+]. The lowest BCUT2D eigenvalue weighted by molar-refractivity contribution is -0.273. The van der Waals surface area contributed by atoms with E-state index < -0.39 is 0 Å². The molecule has 6 N–H and O–H groups in total. The van der Waals surface area contributed by atoms with Crippen molar-refractivity contribution in [3.8, 4) is 17.2 Å². The maximum atomic E-state index is 9.05. The topological polar surface area (TPSA) is 106 Å². The van der Waals surface area contributed by atoms with Crippen molar-refractivity contribution in [1.29, 1.82) is 0 Å². The Labute approximate surface area is 291 Å². The number of nitrogens with zero attached hydrogens (tertiary/aromatic N) is 3. The van der Waals surface area contributed by atoms with E-state index in [4.69, 9.17) is 29.8 Å². The molecule has 0 aromatic heterocycles. The van der Waals surface area contributed by atoms with E-state index in [0.29, 0.717) is 17.4 Å². The minimum Gasteiger partial charge on any atom is -0.490 e. The fraction of sp³-hybridized carbons (Fsp3) is 0.846. The Morgan fingerprint density at radius 1 is 0.500 bits per heavy atom. The number of hydroxylamine groups is 6. The van der Waals surface area contributed by atoms with Gasteiger partial charge in [-0.3, -0.25) is 0 Å². The molecule has 1 aromatic carbocycles. The van der Waals surface area contributed by atoms with Crippen molar-refractivity contribution in [2.45, 2.75) is 194 Å². The first-order valence-electron chi connectivity index (χ1n) is 18.5. The smallest absolute Gasteiger partial charge is 0.165 e. The third kappa shape index (κ3) is 7.24. The largest absolute Gasteiger partial charge is 0.490 e. The molecule has 0 bridgehead atoms. The van der Waals surface area contributed by atoms with Gasteiger partial charge in [0.15, 0.2) is 11.5 Å². The highest BCUT2D eigenvalue weighted by Gasteiger charge is 2.56. The number of rotatable bonds is 9. The lowest BCUT2D eigenvalue weighted by Gasteiger charge is -2.51. The monoisotopic (exact) mass is 679 g/mol. The molecule has 276 valence electrons. The molecule has 0 saturated carbocycles. The second kappa shape index (κ2) is 13.2. The Bertz CT molecular complexity index is 1280. The van der Waals surface area contributed by atoms with Gasteiger partial charge in [0.2, 0.25) is 0 Å². The van der Waals surface area contributed by atoms with Gasteiger partial charge >= 0.3 is 0 Å². The van der Waals surface area contributed by atoms with E-state index >= 15 is 0 Å².